The molecule has 0 saturated carbocycles. The normalized spacial score (nSPS) is 11.6. The van der Waals surface area contributed by atoms with Gasteiger partial charge in [0.15, 0.2) is 46.0 Å². The number of ether oxygens (including phenoxy) is 4. The molecule has 0 bridgehead atoms. The van der Waals surface area contributed by atoms with E-state index in [1.165, 1.54) is 0 Å². The molecule has 9 N–H and O–H groups in total. The first-order chi connectivity index (χ1) is 17.5. The van der Waals surface area contributed by atoms with Crippen LogP contribution in [0.5, 0.6) is 97.7 Å². The van der Waals surface area contributed by atoms with E-state index >= 15 is 0 Å². The summed E-state index contributed by atoms with van der Waals surface area (Å²) in [5.74, 6) is -9.05. The maximum Gasteiger partial charge on any atom is 0.220 e. The third kappa shape index (κ3) is 3.95. The molecule has 0 radical (unpaired) electrons. The second-order valence-electron chi connectivity index (χ2n) is 7.71. The molecule has 5 rings (SSSR count). The molecule has 0 unspecified atom stereocenters. The summed E-state index contributed by atoms with van der Waals surface area (Å²) in [6.07, 6.45) is 0. The summed E-state index contributed by atoms with van der Waals surface area (Å²) in [7, 11) is 0. The van der Waals surface area contributed by atoms with Crippen molar-refractivity contribution in [2.24, 2.45) is 0 Å². The quantitative estimate of drug-likeness (QED) is 0.162. The zero-order valence-corrected chi connectivity index (χ0v) is 18.2. The van der Waals surface area contributed by atoms with Crippen LogP contribution in [0.2, 0.25) is 0 Å². The molecule has 1 heterocycles. The highest BCUT2D eigenvalue weighted by Gasteiger charge is 2.33. The lowest BCUT2D eigenvalue weighted by Gasteiger charge is -2.25. The lowest BCUT2D eigenvalue weighted by atomic mass is 10.2. The molecular weight excluding hydrogens is 496 g/mol. The largest absolute Gasteiger partial charge is 0.508 e. The maximum absolute atomic E-state index is 10.6. The minimum atomic E-state index is -0.731. The van der Waals surface area contributed by atoms with E-state index in [4.69, 9.17) is 18.9 Å². The molecule has 0 spiro atoms. The van der Waals surface area contributed by atoms with Gasteiger partial charge in [0.25, 0.3) is 0 Å². The SMILES string of the molecule is Oc1cc(O)c(Oc2cc(O)c3c(c2Oc2c(O)cc(O)cc2O)Oc2c(O)cc(O)cc2O3)c(O)c1. The van der Waals surface area contributed by atoms with Crippen LogP contribution in [-0.4, -0.2) is 46.0 Å². The van der Waals surface area contributed by atoms with Gasteiger partial charge < -0.3 is 64.9 Å². The van der Waals surface area contributed by atoms with Crippen molar-refractivity contribution in [2.75, 3.05) is 0 Å². The summed E-state index contributed by atoms with van der Waals surface area (Å²) < 4.78 is 22.4. The van der Waals surface area contributed by atoms with E-state index in [9.17, 15) is 46.0 Å². The number of phenolic OH excluding ortho intramolecular Hbond substituents is 9. The predicted octanol–water partition coefficient (Wildman–Crippen LogP) is 4.52. The average Bonchev–Trinajstić information content (AvgIpc) is 2.79. The molecule has 1 aliphatic rings. The Balaban J connectivity index is 1.72. The van der Waals surface area contributed by atoms with E-state index in [1.54, 1.807) is 0 Å². The summed E-state index contributed by atoms with van der Waals surface area (Å²) in [4.78, 5) is 0. The fourth-order valence-corrected chi connectivity index (χ4v) is 3.50. The molecule has 190 valence electrons. The molecule has 0 saturated heterocycles. The number of hydrogen-bond acceptors (Lipinski definition) is 13. The fourth-order valence-electron chi connectivity index (χ4n) is 3.50. The number of rotatable bonds is 4. The standard InChI is InChI=1S/C24H16O13/c25-8-1-11(28)19(12(29)2-8)34-18-7-16(33)22-24(37-21-15(32)5-10(27)6-17(21)35-22)23(18)36-20-13(30)3-9(26)4-14(20)31/h1-7,25-33H. The van der Waals surface area contributed by atoms with Gasteiger partial charge in [0, 0.05) is 42.5 Å². The van der Waals surface area contributed by atoms with Crippen LogP contribution in [0.25, 0.3) is 0 Å². The Morgan fingerprint density at radius 2 is 0.865 bits per heavy atom. The van der Waals surface area contributed by atoms with Gasteiger partial charge in [-0.1, -0.05) is 0 Å². The number of fused-ring (bicyclic) bond motifs is 2. The van der Waals surface area contributed by atoms with Crippen LogP contribution in [0.3, 0.4) is 0 Å². The summed E-state index contributed by atoms with van der Waals surface area (Å²) in [6, 6.07) is 6.34. The molecule has 1 aliphatic heterocycles. The third-order valence-corrected chi connectivity index (χ3v) is 5.06. The van der Waals surface area contributed by atoms with Crippen molar-refractivity contribution in [3.63, 3.8) is 0 Å². The molecule has 0 atom stereocenters. The summed E-state index contributed by atoms with van der Waals surface area (Å²) in [5, 5.41) is 90.6. The highest BCUT2D eigenvalue weighted by Crippen LogP contribution is 2.62. The zero-order valence-electron chi connectivity index (χ0n) is 18.2. The van der Waals surface area contributed by atoms with Gasteiger partial charge in [-0.15, -0.1) is 0 Å². The maximum atomic E-state index is 10.6. The lowest BCUT2D eigenvalue weighted by Crippen LogP contribution is -2.03. The van der Waals surface area contributed by atoms with Crippen molar-refractivity contribution in [3.05, 3.63) is 42.5 Å². The van der Waals surface area contributed by atoms with Crippen molar-refractivity contribution < 1.29 is 64.9 Å². The molecule has 4 aromatic rings. The van der Waals surface area contributed by atoms with Gasteiger partial charge in [0.1, 0.15) is 17.2 Å². The van der Waals surface area contributed by atoms with Crippen LogP contribution in [0.15, 0.2) is 42.5 Å². The first kappa shape index (κ1) is 23.0. The summed E-state index contributed by atoms with van der Waals surface area (Å²) in [6.45, 7) is 0. The van der Waals surface area contributed by atoms with Gasteiger partial charge in [-0.3, -0.25) is 0 Å². The van der Waals surface area contributed by atoms with Gasteiger partial charge in [-0.05, 0) is 0 Å². The van der Waals surface area contributed by atoms with E-state index in [-0.39, 0.29) is 17.2 Å². The Morgan fingerprint density at radius 1 is 0.405 bits per heavy atom. The van der Waals surface area contributed by atoms with Crippen LogP contribution >= 0.6 is 0 Å². The molecule has 0 amide bonds. The van der Waals surface area contributed by atoms with Crippen LogP contribution in [0.1, 0.15) is 0 Å². The Hall–Kier alpha value is -5.72. The van der Waals surface area contributed by atoms with Gasteiger partial charge in [-0.25, -0.2) is 0 Å². The van der Waals surface area contributed by atoms with Crippen molar-refractivity contribution in [1.82, 2.24) is 0 Å². The van der Waals surface area contributed by atoms with Gasteiger partial charge in [0.05, 0.1) is 0 Å². The topological polar surface area (TPSA) is 219 Å². The van der Waals surface area contributed by atoms with Crippen LogP contribution in [-0.2, 0) is 0 Å². The molecular formula is C24H16O13. The monoisotopic (exact) mass is 512 g/mol. The van der Waals surface area contributed by atoms with Crippen molar-refractivity contribution in [3.8, 4) is 97.7 Å². The van der Waals surface area contributed by atoms with E-state index in [1.807, 2.05) is 0 Å². The number of phenols is 9. The predicted molar refractivity (Wildman–Crippen MR) is 121 cm³/mol. The molecule has 4 aromatic carbocycles. The average molecular weight is 512 g/mol. The number of benzene rings is 4. The highest BCUT2D eigenvalue weighted by atomic mass is 16.6. The van der Waals surface area contributed by atoms with E-state index in [0.29, 0.717) is 0 Å². The zero-order chi connectivity index (χ0) is 26.6. The fraction of sp³-hybridized carbons (Fsp3) is 0. The van der Waals surface area contributed by atoms with Gasteiger partial charge >= 0.3 is 0 Å². The molecule has 13 heteroatoms. The molecule has 0 fully saturated rings. The van der Waals surface area contributed by atoms with Crippen molar-refractivity contribution in [2.45, 2.75) is 0 Å². The Labute approximate surface area is 205 Å². The van der Waals surface area contributed by atoms with Crippen LogP contribution in [0, 0.1) is 0 Å². The molecule has 37 heavy (non-hydrogen) atoms. The Bertz CT molecular complexity index is 1530. The summed E-state index contributed by atoms with van der Waals surface area (Å²) >= 11 is 0. The highest BCUT2D eigenvalue weighted by molar-refractivity contribution is 5.73. The third-order valence-electron chi connectivity index (χ3n) is 5.06. The lowest BCUT2D eigenvalue weighted by molar-refractivity contribution is 0.292. The second-order valence-corrected chi connectivity index (χ2v) is 7.71. The van der Waals surface area contributed by atoms with Crippen LogP contribution in [0.4, 0.5) is 0 Å². The van der Waals surface area contributed by atoms with E-state index < -0.39 is 80.5 Å². The van der Waals surface area contributed by atoms with Gasteiger partial charge in [0.2, 0.25) is 34.5 Å². The second kappa shape index (κ2) is 8.20. The molecule has 0 aromatic heterocycles. The Kier molecular flexibility index (Phi) is 5.10. The van der Waals surface area contributed by atoms with E-state index in [0.717, 1.165) is 42.5 Å². The summed E-state index contributed by atoms with van der Waals surface area (Å²) in [5.41, 5.74) is 0. The van der Waals surface area contributed by atoms with Crippen LogP contribution < -0.4 is 18.9 Å². The smallest absolute Gasteiger partial charge is 0.220 e. The minimum Gasteiger partial charge on any atom is -0.508 e. The van der Waals surface area contributed by atoms with Crippen molar-refractivity contribution in [1.29, 1.82) is 0 Å². The van der Waals surface area contributed by atoms with E-state index in [2.05, 4.69) is 0 Å². The van der Waals surface area contributed by atoms with Gasteiger partial charge in [-0.2, -0.15) is 0 Å². The first-order valence-corrected chi connectivity index (χ1v) is 10.2. The first-order valence-electron chi connectivity index (χ1n) is 10.2. The molecule has 13 nitrogen and oxygen atoms in total. The number of aromatic hydroxyl groups is 9. The number of hydrogen-bond donors (Lipinski definition) is 9. The van der Waals surface area contributed by atoms with Crippen molar-refractivity contribution >= 4 is 0 Å². The minimum absolute atomic E-state index is 0.191. The Morgan fingerprint density at radius 3 is 1.43 bits per heavy atom. The molecule has 0 aliphatic carbocycles.